The lowest BCUT2D eigenvalue weighted by Crippen LogP contribution is -2.16. The van der Waals surface area contributed by atoms with Gasteiger partial charge >= 0.3 is 12.1 Å². The van der Waals surface area contributed by atoms with Gasteiger partial charge in [-0.05, 0) is 6.07 Å². The van der Waals surface area contributed by atoms with E-state index in [0.717, 1.165) is 6.07 Å². The van der Waals surface area contributed by atoms with Crippen LogP contribution in [0.3, 0.4) is 0 Å². The fourth-order valence-corrected chi connectivity index (χ4v) is 1.22. The van der Waals surface area contributed by atoms with E-state index in [4.69, 9.17) is 10.4 Å². The molecule has 0 spiro atoms. The molecule has 18 heavy (non-hydrogen) atoms. The predicted octanol–water partition coefficient (Wildman–Crippen LogP) is 2.61. The van der Waals surface area contributed by atoms with Gasteiger partial charge in [0.15, 0.2) is 0 Å². The van der Waals surface area contributed by atoms with E-state index in [1.54, 1.807) is 0 Å². The zero-order chi connectivity index (χ0) is 14.1. The monoisotopic (exact) mass is 266 g/mol. The summed E-state index contributed by atoms with van der Waals surface area (Å²) in [5.41, 5.74) is -5.93. The van der Waals surface area contributed by atoms with Gasteiger partial charge in [-0.15, -0.1) is 0 Å². The van der Waals surface area contributed by atoms with Crippen molar-refractivity contribution in [2.75, 3.05) is 0 Å². The number of carboxylic acid groups (broad SMARTS) is 1. The van der Waals surface area contributed by atoms with Crippen LogP contribution < -0.4 is 0 Å². The quantitative estimate of drug-likeness (QED) is 0.835. The highest BCUT2D eigenvalue weighted by atomic mass is 19.4. The number of carbonyl (C=O) groups is 1. The van der Waals surface area contributed by atoms with Crippen molar-refractivity contribution in [2.45, 2.75) is 12.6 Å². The number of pyridine rings is 1. The molecule has 1 aromatic rings. The van der Waals surface area contributed by atoms with Gasteiger partial charge in [0.05, 0.1) is 11.6 Å². The van der Waals surface area contributed by atoms with Crippen LogP contribution >= 0.6 is 0 Å². The standard InChI is InChI=1S/C9H3F5N2O2/c10-7(11)6-5(9(12,13)14)3(2-15)1-4(16-6)8(17)18/h1,7H,(H,17,18). The molecule has 0 aliphatic rings. The lowest BCUT2D eigenvalue weighted by atomic mass is 10.1. The summed E-state index contributed by atoms with van der Waals surface area (Å²) in [5, 5.41) is 17.0. The van der Waals surface area contributed by atoms with E-state index < -0.39 is 41.1 Å². The topological polar surface area (TPSA) is 74.0 Å². The molecule has 0 unspecified atom stereocenters. The molecule has 4 nitrogen and oxygen atoms in total. The number of rotatable bonds is 2. The van der Waals surface area contributed by atoms with E-state index in [9.17, 15) is 26.7 Å². The Morgan fingerprint density at radius 1 is 1.44 bits per heavy atom. The molecular formula is C9H3F5N2O2. The second-order valence-corrected chi connectivity index (χ2v) is 3.03. The third-order valence-corrected chi connectivity index (χ3v) is 1.88. The van der Waals surface area contributed by atoms with Crippen molar-refractivity contribution in [2.24, 2.45) is 0 Å². The Bertz CT molecular complexity index is 533. The van der Waals surface area contributed by atoms with Crippen molar-refractivity contribution in [1.29, 1.82) is 5.26 Å². The van der Waals surface area contributed by atoms with E-state index in [1.165, 1.54) is 0 Å². The van der Waals surface area contributed by atoms with E-state index in [-0.39, 0.29) is 0 Å². The van der Waals surface area contributed by atoms with Gasteiger partial charge in [-0.2, -0.15) is 18.4 Å². The van der Waals surface area contributed by atoms with Gasteiger partial charge in [0.25, 0.3) is 6.43 Å². The molecule has 0 bridgehead atoms. The molecule has 1 aromatic heterocycles. The first-order valence-corrected chi connectivity index (χ1v) is 4.22. The third-order valence-electron chi connectivity index (χ3n) is 1.88. The van der Waals surface area contributed by atoms with Crippen molar-refractivity contribution in [3.63, 3.8) is 0 Å². The van der Waals surface area contributed by atoms with Crippen LogP contribution in [0.2, 0.25) is 0 Å². The molecule has 0 saturated carbocycles. The Kier molecular flexibility index (Phi) is 3.50. The first-order chi connectivity index (χ1) is 8.18. The lowest BCUT2D eigenvalue weighted by molar-refractivity contribution is -0.140. The summed E-state index contributed by atoms with van der Waals surface area (Å²) < 4.78 is 62.5. The Balaban J connectivity index is 3.69. The molecule has 0 amide bonds. The van der Waals surface area contributed by atoms with Crippen molar-refractivity contribution in [3.05, 3.63) is 28.6 Å². The second-order valence-electron chi connectivity index (χ2n) is 3.03. The number of nitriles is 1. The number of aromatic nitrogens is 1. The van der Waals surface area contributed by atoms with Crippen molar-refractivity contribution in [1.82, 2.24) is 4.98 Å². The SMILES string of the molecule is N#Cc1cc(C(=O)O)nc(C(F)F)c1C(F)(F)F. The highest BCUT2D eigenvalue weighted by Crippen LogP contribution is 2.37. The molecule has 0 aliphatic heterocycles. The smallest absolute Gasteiger partial charge is 0.419 e. The fourth-order valence-electron chi connectivity index (χ4n) is 1.22. The number of halogens is 5. The van der Waals surface area contributed by atoms with Crippen LogP contribution in [-0.4, -0.2) is 16.1 Å². The molecule has 0 saturated heterocycles. The first-order valence-electron chi connectivity index (χ1n) is 4.22. The lowest BCUT2D eigenvalue weighted by Gasteiger charge is -2.13. The van der Waals surface area contributed by atoms with Crippen LogP contribution in [0, 0.1) is 11.3 Å². The van der Waals surface area contributed by atoms with Gasteiger partial charge in [0.1, 0.15) is 17.0 Å². The maximum atomic E-state index is 12.5. The average Bonchev–Trinajstić information content (AvgIpc) is 2.25. The minimum atomic E-state index is -5.22. The van der Waals surface area contributed by atoms with Gasteiger partial charge in [-0.1, -0.05) is 0 Å². The highest BCUT2D eigenvalue weighted by Gasteiger charge is 2.40. The number of aromatic carboxylic acids is 1. The van der Waals surface area contributed by atoms with E-state index >= 15 is 0 Å². The Hall–Kier alpha value is -2.24. The number of nitrogens with zero attached hydrogens (tertiary/aromatic N) is 2. The molecule has 96 valence electrons. The average molecular weight is 266 g/mol. The molecule has 9 heteroatoms. The van der Waals surface area contributed by atoms with Gasteiger partial charge in [0, 0.05) is 0 Å². The zero-order valence-electron chi connectivity index (χ0n) is 8.29. The zero-order valence-corrected chi connectivity index (χ0v) is 8.29. The van der Waals surface area contributed by atoms with Gasteiger partial charge in [0.2, 0.25) is 0 Å². The summed E-state index contributed by atoms with van der Waals surface area (Å²) in [6.07, 6.45) is -8.87. The Morgan fingerprint density at radius 2 is 2.00 bits per heavy atom. The first kappa shape index (κ1) is 13.8. The van der Waals surface area contributed by atoms with Crippen LogP contribution in [0.25, 0.3) is 0 Å². The Morgan fingerprint density at radius 3 is 2.33 bits per heavy atom. The molecular weight excluding hydrogens is 263 g/mol. The molecule has 1 rings (SSSR count). The maximum Gasteiger partial charge on any atom is 0.419 e. The van der Waals surface area contributed by atoms with Crippen LogP contribution in [0.1, 0.15) is 33.7 Å². The number of alkyl halides is 5. The van der Waals surface area contributed by atoms with Crippen molar-refractivity contribution >= 4 is 5.97 Å². The van der Waals surface area contributed by atoms with Crippen molar-refractivity contribution < 1.29 is 31.9 Å². The summed E-state index contributed by atoms with van der Waals surface area (Å²) in [5.74, 6) is -1.80. The van der Waals surface area contributed by atoms with Crippen LogP contribution in [0.4, 0.5) is 22.0 Å². The molecule has 0 aromatic carbocycles. The third kappa shape index (κ3) is 2.53. The molecule has 0 atom stereocenters. The second kappa shape index (κ2) is 4.56. The predicted molar refractivity (Wildman–Crippen MR) is 45.9 cm³/mol. The Labute approximate surface area is 96.3 Å². The molecule has 1 N–H and O–H groups in total. The largest absolute Gasteiger partial charge is 0.477 e. The maximum absolute atomic E-state index is 12.5. The number of hydrogen-bond donors (Lipinski definition) is 1. The summed E-state index contributed by atoms with van der Waals surface area (Å²) >= 11 is 0. The normalized spacial score (nSPS) is 11.4. The minimum absolute atomic E-state index is 0.303. The molecule has 0 radical (unpaired) electrons. The summed E-state index contributed by atoms with van der Waals surface area (Å²) in [7, 11) is 0. The summed E-state index contributed by atoms with van der Waals surface area (Å²) in [4.78, 5) is 13.2. The number of hydrogen-bond acceptors (Lipinski definition) is 3. The van der Waals surface area contributed by atoms with E-state index in [1.807, 2.05) is 0 Å². The van der Waals surface area contributed by atoms with Gasteiger partial charge in [-0.25, -0.2) is 18.6 Å². The molecule has 0 aliphatic carbocycles. The van der Waals surface area contributed by atoms with Crippen LogP contribution in [-0.2, 0) is 6.18 Å². The van der Waals surface area contributed by atoms with E-state index in [0.29, 0.717) is 6.07 Å². The van der Waals surface area contributed by atoms with E-state index in [2.05, 4.69) is 4.98 Å². The van der Waals surface area contributed by atoms with Crippen LogP contribution in [0.5, 0.6) is 0 Å². The summed E-state index contributed by atoms with van der Waals surface area (Å²) in [6.45, 7) is 0. The molecule has 0 fully saturated rings. The van der Waals surface area contributed by atoms with Gasteiger partial charge < -0.3 is 5.11 Å². The minimum Gasteiger partial charge on any atom is -0.477 e. The van der Waals surface area contributed by atoms with Crippen LogP contribution in [0.15, 0.2) is 6.07 Å². The summed E-state index contributed by atoms with van der Waals surface area (Å²) in [6, 6.07) is 1.34. The number of carboxylic acids is 1. The van der Waals surface area contributed by atoms with Gasteiger partial charge in [-0.3, -0.25) is 0 Å². The van der Waals surface area contributed by atoms with Crippen molar-refractivity contribution in [3.8, 4) is 6.07 Å². The fraction of sp³-hybridized carbons (Fsp3) is 0.222. The molecule has 1 heterocycles. The highest BCUT2D eigenvalue weighted by molar-refractivity contribution is 5.86.